The van der Waals surface area contributed by atoms with E-state index in [-0.39, 0.29) is 12.4 Å². The van der Waals surface area contributed by atoms with E-state index in [0.717, 1.165) is 5.56 Å². The molecule has 0 atom stereocenters. The van der Waals surface area contributed by atoms with Crippen LogP contribution in [0.3, 0.4) is 0 Å². The summed E-state index contributed by atoms with van der Waals surface area (Å²) >= 11 is 0. The van der Waals surface area contributed by atoms with Crippen LogP contribution in [0.2, 0.25) is 0 Å². The predicted octanol–water partition coefficient (Wildman–Crippen LogP) is 0.767. The zero-order chi connectivity index (χ0) is 13.4. The zero-order valence-corrected chi connectivity index (χ0v) is 11.4. The van der Waals surface area contributed by atoms with Crippen molar-refractivity contribution in [2.24, 2.45) is 0 Å². The van der Waals surface area contributed by atoms with Gasteiger partial charge in [-0.05, 0) is 31.0 Å². The molecule has 6 heteroatoms. The van der Waals surface area contributed by atoms with Gasteiger partial charge >= 0.3 is 0 Å². The maximum atomic E-state index is 11.5. The van der Waals surface area contributed by atoms with Crippen LogP contribution in [-0.4, -0.2) is 33.9 Å². The Morgan fingerprint density at radius 1 is 1.39 bits per heavy atom. The van der Waals surface area contributed by atoms with Crippen LogP contribution in [0.1, 0.15) is 12.5 Å². The van der Waals surface area contributed by atoms with Crippen LogP contribution < -0.4 is 10.5 Å². The van der Waals surface area contributed by atoms with Gasteiger partial charge in [0.05, 0.1) is 12.4 Å². The fourth-order valence-electron chi connectivity index (χ4n) is 1.48. The third kappa shape index (κ3) is 6.00. The quantitative estimate of drug-likeness (QED) is 0.541. The lowest BCUT2D eigenvalue weighted by Crippen LogP contribution is -2.30. The first-order valence-corrected chi connectivity index (χ1v) is 7.58. The summed E-state index contributed by atoms with van der Waals surface area (Å²) in [4.78, 5) is 0. The molecule has 0 aliphatic heterocycles. The molecule has 0 radical (unpaired) electrons. The van der Waals surface area contributed by atoms with Crippen LogP contribution in [0, 0.1) is 0 Å². The van der Waals surface area contributed by atoms with Gasteiger partial charge in [-0.1, -0.05) is 12.1 Å². The van der Waals surface area contributed by atoms with Gasteiger partial charge in [0, 0.05) is 18.8 Å². The summed E-state index contributed by atoms with van der Waals surface area (Å²) in [6, 6.07) is 7.42. The topological polar surface area (TPSA) is 81.4 Å². The average Bonchev–Trinajstić information content (AvgIpc) is 2.29. The fraction of sp³-hybridized carbons (Fsp3) is 0.500. The second-order valence-electron chi connectivity index (χ2n) is 3.91. The first-order chi connectivity index (χ1) is 8.53. The Labute approximate surface area is 108 Å². The molecule has 0 saturated carbocycles. The molecule has 0 bridgehead atoms. The summed E-state index contributed by atoms with van der Waals surface area (Å²) in [7, 11) is -3.24. The fourth-order valence-corrected chi connectivity index (χ4v) is 2.38. The molecular formula is C12H20N2O3S. The van der Waals surface area contributed by atoms with E-state index in [9.17, 15) is 8.42 Å². The lowest BCUT2D eigenvalue weighted by molar-refractivity contribution is 0.163. The SMILES string of the molecule is CCOCCS(=O)(=O)NCCc1cccc(N)c1. The van der Waals surface area contributed by atoms with Crippen LogP contribution in [0.25, 0.3) is 0 Å². The van der Waals surface area contributed by atoms with E-state index in [4.69, 9.17) is 10.5 Å². The zero-order valence-electron chi connectivity index (χ0n) is 10.6. The Morgan fingerprint density at radius 3 is 2.83 bits per heavy atom. The van der Waals surface area contributed by atoms with E-state index in [1.54, 1.807) is 6.07 Å². The molecule has 1 aromatic carbocycles. The van der Waals surface area contributed by atoms with Crippen molar-refractivity contribution in [3.63, 3.8) is 0 Å². The molecule has 0 fully saturated rings. The second kappa shape index (κ2) is 7.35. The number of hydrogen-bond acceptors (Lipinski definition) is 4. The highest BCUT2D eigenvalue weighted by molar-refractivity contribution is 7.89. The lowest BCUT2D eigenvalue weighted by Gasteiger charge is -2.07. The normalized spacial score (nSPS) is 11.6. The summed E-state index contributed by atoms with van der Waals surface area (Å²) in [6.07, 6.45) is 0.624. The Morgan fingerprint density at radius 2 is 2.17 bits per heavy atom. The standard InChI is InChI=1S/C12H20N2O3S/c1-2-17-8-9-18(15,16)14-7-6-11-4-3-5-12(13)10-11/h3-5,10,14H,2,6-9,13H2,1H3. The minimum absolute atomic E-state index is 0.00221. The van der Waals surface area contributed by atoms with Crippen LogP contribution in [0.15, 0.2) is 24.3 Å². The molecule has 18 heavy (non-hydrogen) atoms. The first kappa shape index (κ1) is 14.9. The molecule has 1 rings (SSSR count). The molecule has 0 spiro atoms. The minimum Gasteiger partial charge on any atom is -0.399 e. The first-order valence-electron chi connectivity index (χ1n) is 5.93. The summed E-state index contributed by atoms with van der Waals surface area (Å²) in [5.41, 5.74) is 7.34. The van der Waals surface area contributed by atoms with Crippen molar-refractivity contribution in [3.05, 3.63) is 29.8 Å². The van der Waals surface area contributed by atoms with Gasteiger partial charge in [-0.15, -0.1) is 0 Å². The highest BCUT2D eigenvalue weighted by atomic mass is 32.2. The Kier molecular flexibility index (Phi) is 6.11. The van der Waals surface area contributed by atoms with Gasteiger partial charge in [-0.25, -0.2) is 13.1 Å². The lowest BCUT2D eigenvalue weighted by atomic mass is 10.1. The molecule has 0 aromatic heterocycles. The van der Waals surface area contributed by atoms with Gasteiger partial charge < -0.3 is 10.5 Å². The third-order valence-electron chi connectivity index (χ3n) is 2.39. The monoisotopic (exact) mass is 272 g/mol. The summed E-state index contributed by atoms with van der Waals surface area (Å²) in [6.45, 7) is 2.96. The minimum atomic E-state index is -3.24. The van der Waals surface area contributed by atoms with Gasteiger partial charge in [0.25, 0.3) is 0 Å². The molecule has 0 unspecified atom stereocenters. The van der Waals surface area contributed by atoms with Crippen molar-refractivity contribution in [1.29, 1.82) is 0 Å². The smallest absolute Gasteiger partial charge is 0.213 e. The van der Waals surface area contributed by atoms with E-state index in [1.165, 1.54) is 0 Å². The van der Waals surface area contributed by atoms with Gasteiger partial charge in [0.1, 0.15) is 0 Å². The number of nitrogen functional groups attached to an aromatic ring is 1. The number of anilines is 1. The molecule has 5 nitrogen and oxygen atoms in total. The molecule has 102 valence electrons. The number of rotatable bonds is 8. The molecular weight excluding hydrogens is 252 g/mol. The van der Waals surface area contributed by atoms with Crippen molar-refractivity contribution >= 4 is 15.7 Å². The van der Waals surface area contributed by atoms with E-state index < -0.39 is 10.0 Å². The molecule has 0 aliphatic carbocycles. The highest BCUT2D eigenvalue weighted by Gasteiger charge is 2.08. The van der Waals surface area contributed by atoms with Gasteiger partial charge in [-0.3, -0.25) is 0 Å². The maximum absolute atomic E-state index is 11.5. The number of nitrogens with two attached hydrogens (primary N) is 1. The van der Waals surface area contributed by atoms with Crippen LogP contribution in [-0.2, 0) is 21.2 Å². The summed E-state index contributed by atoms with van der Waals surface area (Å²) in [5.74, 6) is -0.00221. The molecule has 0 saturated heterocycles. The van der Waals surface area contributed by atoms with Crippen LogP contribution in [0.4, 0.5) is 5.69 Å². The molecule has 3 N–H and O–H groups in total. The van der Waals surface area contributed by atoms with E-state index in [0.29, 0.717) is 25.3 Å². The molecule has 0 aliphatic rings. The van der Waals surface area contributed by atoms with Crippen LogP contribution in [0.5, 0.6) is 0 Å². The maximum Gasteiger partial charge on any atom is 0.213 e. The van der Waals surface area contributed by atoms with E-state index in [2.05, 4.69) is 4.72 Å². The van der Waals surface area contributed by atoms with Crippen molar-refractivity contribution < 1.29 is 13.2 Å². The number of hydrogen-bond donors (Lipinski definition) is 2. The largest absolute Gasteiger partial charge is 0.399 e. The summed E-state index contributed by atoms with van der Waals surface area (Å²) < 4.78 is 30.6. The van der Waals surface area contributed by atoms with Crippen molar-refractivity contribution in [1.82, 2.24) is 4.72 Å². The number of nitrogens with one attached hydrogen (secondary N) is 1. The second-order valence-corrected chi connectivity index (χ2v) is 5.83. The van der Waals surface area contributed by atoms with Crippen molar-refractivity contribution in [2.45, 2.75) is 13.3 Å². The van der Waals surface area contributed by atoms with Crippen molar-refractivity contribution in [3.8, 4) is 0 Å². The average molecular weight is 272 g/mol. The van der Waals surface area contributed by atoms with E-state index >= 15 is 0 Å². The van der Waals surface area contributed by atoms with Gasteiger partial charge in [-0.2, -0.15) is 0 Å². The molecule has 1 aromatic rings. The van der Waals surface area contributed by atoms with Gasteiger partial charge in [0.2, 0.25) is 10.0 Å². The molecule has 0 amide bonds. The van der Waals surface area contributed by atoms with E-state index in [1.807, 2.05) is 25.1 Å². The molecule has 0 heterocycles. The highest BCUT2D eigenvalue weighted by Crippen LogP contribution is 2.06. The Balaban J connectivity index is 2.32. The number of ether oxygens (including phenoxy) is 1. The van der Waals surface area contributed by atoms with Gasteiger partial charge in [0.15, 0.2) is 0 Å². The Hall–Kier alpha value is -1.11. The Bertz CT molecular complexity index is 460. The van der Waals surface area contributed by atoms with Crippen molar-refractivity contribution in [2.75, 3.05) is 31.2 Å². The number of sulfonamides is 1. The summed E-state index contributed by atoms with van der Waals surface area (Å²) in [5, 5.41) is 0. The predicted molar refractivity (Wildman–Crippen MR) is 72.8 cm³/mol. The third-order valence-corrected chi connectivity index (χ3v) is 3.74. The van der Waals surface area contributed by atoms with Crippen LogP contribution >= 0.6 is 0 Å². The number of benzene rings is 1.